The van der Waals surface area contributed by atoms with Gasteiger partial charge in [0.1, 0.15) is 17.2 Å². The van der Waals surface area contributed by atoms with Crippen LogP contribution in [-0.2, 0) is 46.1 Å². The number of methoxy groups -OCH3 is 3. The second kappa shape index (κ2) is 30.6. The molecule has 540 valence electrons. The van der Waals surface area contributed by atoms with Crippen molar-refractivity contribution in [1.82, 2.24) is 79.2 Å². The molecule has 0 saturated carbocycles. The van der Waals surface area contributed by atoms with Crippen LogP contribution in [0, 0.1) is 6.92 Å². The largest absolute Gasteiger partial charge is 0.573 e. The molecule has 8 aromatic heterocycles. The molecule has 0 bridgehead atoms. The Bertz CT molecular complexity index is 4900. The fourth-order valence-corrected chi connectivity index (χ4v) is 9.77. The third kappa shape index (κ3) is 18.6. The Labute approximate surface area is 563 Å². The molecule has 3 unspecified atom stereocenters. The van der Waals surface area contributed by atoms with Crippen molar-refractivity contribution in [3.8, 4) is 62.3 Å². The van der Waals surface area contributed by atoms with Crippen molar-refractivity contribution in [2.75, 3.05) is 21.3 Å². The molecular weight excluding hydrogens is 1400 g/mol. The summed E-state index contributed by atoms with van der Waals surface area (Å²) >= 11 is 0. The fourth-order valence-electron chi connectivity index (χ4n) is 9.77. The number of ether oxygens (including phenoxy) is 6. The molecular formula is C63H53F17N16O6. The Balaban J connectivity index is 0.000000158. The van der Waals surface area contributed by atoms with E-state index >= 15 is 0 Å². The molecule has 0 fully saturated rings. The Morgan fingerprint density at radius 2 is 0.765 bits per heavy atom. The van der Waals surface area contributed by atoms with E-state index in [1.54, 1.807) is 43.3 Å². The van der Waals surface area contributed by atoms with E-state index in [1.807, 2.05) is 0 Å². The molecule has 22 nitrogen and oxygen atoms in total. The highest BCUT2D eigenvalue weighted by Gasteiger charge is 2.36. The van der Waals surface area contributed by atoms with Gasteiger partial charge in [0.05, 0.1) is 48.2 Å². The average molecular weight is 1450 g/mol. The first-order chi connectivity index (χ1) is 47.9. The number of hydrogen-bond acceptors (Lipinski definition) is 18. The number of nitrogens with zero attached hydrogens (tertiary/aromatic N) is 16. The second-order valence-electron chi connectivity index (χ2n) is 21.8. The maximum Gasteiger partial charge on any atom is 0.573 e. The zero-order valence-corrected chi connectivity index (χ0v) is 53.9. The SMILES string of the molecule is COCc1cc(-c2ccc3nnc(C(C)(F)F)n3n2)ccc1C(F)(F)F.COCc1cc(-c2ccc3nnc(C(C)F)n3n2)ccc1OC(F)(F)F.COCc1cc(OC(F)(F)F)ccc1-c1ccc2nnc(C(C)F)n2n1.Cc1cc(OC(F)(F)F)ccc1-c1ccc2nnc(C(C)F)n2n1. The second-order valence-corrected chi connectivity index (χ2v) is 21.8. The summed E-state index contributed by atoms with van der Waals surface area (Å²) in [5.74, 6) is -4.83. The number of fused-ring (bicyclic) bond motifs is 4. The maximum absolute atomic E-state index is 13.6. The third-order valence-electron chi connectivity index (χ3n) is 14.1. The van der Waals surface area contributed by atoms with E-state index in [2.05, 4.69) is 75.4 Å². The van der Waals surface area contributed by atoms with Crippen molar-refractivity contribution in [3.05, 3.63) is 172 Å². The predicted octanol–water partition coefficient (Wildman–Crippen LogP) is 15.8. The summed E-state index contributed by atoms with van der Waals surface area (Å²) < 4.78 is 250. The van der Waals surface area contributed by atoms with Crippen molar-refractivity contribution in [2.24, 2.45) is 0 Å². The van der Waals surface area contributed by atoms with Crippen molar-refractivity contribution in [2.45, 2.75) is 104 Å². The van der Waals surface area contributed by atoms with E-state index in [0.29, 0.717) is 74.3 Å². The van der Waals surface area contributed by atoms with Gasteiger partial charge in [0, 0.05) is 56.1 Å². The summed E-state index contributed by atoms with van der Waals surface area (Å²) in [6.07, 6.45) is -23.0. The number of hydrogen-bond donors (Lipinski definition) is 0. The number of rotatable bonds is 17. The summed E-state index contributed by atoms with van der Waals surface area (Å²) in [5, 5.41) is 46.7. The van der Waals surface area contributed by atoms with E-state index in [9.17, 15) is 74.6 Å². The van der Waals surface area contributed by atoms with E-state index in [-0.39, 0.29) is 77.0 Å². The smallest absolute Gasteiger partial charge is 0.406 e. The topological polar surface area (TPSA) is 228 Å². The highest BCUT2D eigenvalue weighted by Crippen LogP contribution is 2.37. The van der Waals surface area contributed by atoms with Gasteiger partial charge in [0.2, 0.25) is 5.82 Å². The molecule has 3 atom stereocenters. The van der Waals surface area contributed by atoms with Crippen LogP contribution in [-0.4, -0.2) is 120 Å². The first kappa shape index (κ1) is 75.4. The molecule has 102 heavy (non-hydrogen) atoms. The molecule has 0 aliphatic carbocycles. The van der Waals surface area contributed by atoms with Gasteiger partial charge in [-0.05, 0) is 160 Å². The summed E-state index contributed by atoms with van der Waals surface area (Å²) in [5.41, 5.74) is 4.91. The molecule has 8 heterocycles. The number of aromatic nitrogens is 16. The monoisotopic (exact) mass is 1450 g/mol. The first-order valence-electron chi connectivity index (χ1n) is 29.4. The molecule has 0 aliphatic rings. The van der Waals surface area contributed by atoms with Crippen LogP contribution in [0.15, 0.2) is 121 Å². The molecule has 0 radical (unpaired) electrons. The summed E-state index contributed by atoms with van der Waals surface area (Å²) in [4.78, 5) is 0. The van der Waals surface area contributed by atoms with Crippen LogP contribution >= 0.6 is 0 Å². The van der Waals surface area contributed by atoms with Gasteiger partial charge in [-0.2, -0.15) is 60.4 Å². The molecule has 4 aromatic carbocycles. The van der Waals surface area contributed by atoms with E-state index in [4.69, 9.17) is 14.2 Å². The normalized spacial score (nSPS) is 13.1. The van der Waals surface area contributed by atoms with Gasteiger partial charge in [0.25, 0.3) is 0 Å². The summed E-state index contributed by atoms with van der Waals surface area (Å²) in [7, 11) is 4.06. The molecule has 0 spiro atoms. The molecule has 39 heteroatoms. The van der Waals surface area contributed by atoms with Crippen LogP contribution in [0.3, 0.4) is 0 Å². The van der Waals surface area contributed by atoms with Crippen LogP contribution in [0.25, 0.3) is 67.6 Å². The van der Waals surface area contributed by atoms with Crippen molar-refractivity contribution in [1.29, 1.82) is 0 Å². The van der Waals surface area contributed by atoms with Crippen LogP contribution in [0.2, 0.25) is 0 Å². The van der Waals surface area contributed by atoms with Crippen LogP contribution in [0.4, 0.5) is 74.6 Å². The Morgan fingerprint density at radius 1 is 0.382 bits per heavy atom. The van der Waals surface area contributed by atoms with Crippen LogP contribution in [0.1, 0.15) is 97.3 Å². The van der Waals surface area contributed by atoms with Crippen molar-refractivity contribution < 1.29 is 103 Å². The van der Waals surface area contributed by atoms with E-state index < -0.39 is 61.1 Å². The van der Waals surface area contributed by atoms with Crippen molar-refractivity contribution >= 4 is 22.6 Å². The Kier molecular flexibility index (Phi) is 22.6. The van der Waals surface area contributed by atoms with Crippen LogP contribution in [0.5, 0.6) is 17.2 Å². The highest BCUT2D eigenvalue weighted by molar-refractivity contribution is 5.68. The standard InChI is InChI=1S/C16H13F5N4O.2C16H14F4N4O2.C15H12F4N4O/c1-15(17,18)14-23-22-13-6-5-12(24-25(13)14)9-3-4-11(16(19,20)21)10(7-9)8-26-2;1-9(17)15-22-21-14-6-4-12(23-24(14)15)10-3-5-13(26-16(18,19)20)11(7-10)8-25-2;1-9(17)15-22-21-14-6-5-13(23-24(14)15)12-4-3-11(26-16(18,19)20)7-10(12)8-25-2;1-8-7-10(24-15(17,18)19)3-4-11(8)12-5-6-13-20-21-14(9(2)16)23(13)22-12/h3-7H,8H2,1-2H3;2*3-7,9H,8H2,1-2H3;3-7,9H,1-2H3. The summed E-state index contributed by atoms with van der Waals surface area (Å²) in [6.45, 7) is 5.94. The number of benzene rings is 4. The number of alkyl halides is 17. The van der Waals surface area contributed by atoms with Gasteiger partial charge >= 0.3 is 31.2 Å². The molecule has 0 N–H and O–H groups in total. The number of aryl methyl sites for hydroxylation is 1. The lowest BCUT2D eigenvalue weighted by molar-refractivity contribution is -0.276. The fraction of sp³-hybridized carbons (Fsp3) is 0.302. The predicted molar refractivity (Wildman–Crippen MR) is 325 cm³/mol. The third-order valence-corrected chi connectivity index (χ3v) is 14.1. The highest BCUT2D eigenvalue weighted by atomic mass is 19.4. The first-order valence-corrected chi connectivity index (χ1v) is 29.4. The minimum atomic E-state index is -4.81. The van der Waals surface area contributed by atoms with Crippen molar-refractivity contribution in [3.63, 3.8) is 0 Å². The van der Waals surface area contributed by atoms with Gasteiger partial charge in [-0.3, -0.25) is 0 Å². The molecule has 12 aromatic rings. The quantitative estimate of drug-likeness (QED) is 0.0772. The van der Waals surface area contributed by atoms with Gasteiger partial charge in [-0.25, -0.2) is 13.2 Å². The minimum absolute atomic E-state index is 0.0344. The van der Waals surface area contributed by atoms with Gasteiger partial charge in [-0.15, -0.1) is 80.3 Å². The lowest BCUT2D eigenvalue weighted by Gasteiger charge is -2.14. The van der Waals surface area contributed by atoms with E-state index in [0.717, 1.165) is 10.6 Å². The lowest BCUT2D eigenvalue weighted by Crippen LogP contribution is -2.18. The minimum Gasteiger partial charge on any atom is -0.406 e. The van der Waals surface area contributed by atoms with Gasteiger partial charge in [0.15, 0.2) is 58.6 Å². The van der Waals surface area contributed by atoms with Crippen LogP contribution < -0.4 is 14.2 Å². The average Bonchev–Trinajstić information content (AvgIpc) is 1.54. The summed E-state index contributed by atoms with van der Waals surface area (Å²) in [6, 6.07) is 27.8. The van der Waals surface area contributed by atoms with E-state index in [1.165, 1.54) is 135 Å². The zero-order valence-electron chi connectivity index (χ0n) is 53.9. The Morgan fingerprint density at radius 3 is 1.21 bits per heavy atom. The Hall–Kier alpha value is -10.8. The molecule has 12 rings (SSSR count). The molecule has 0 aliphatic heterocycles. The zero-order chi connectivity index (χ0) is 74.4. The number of halogens is 17. The molecule has 0 saturated heterocycles. The van der Waals surface area contributed by atoms with Gasteiger partial charge < -0.3 is 28.4 Å². The van der Waals surface area contributed by atoms with Gasteiger partial charge in [-0.1, -0.05) is 6.07 Å². The lowest BCUT2D eigenvalue weighted by atomic mass is 10.0. The maximum atomic E-state index is 13.6. The molecule has 0 amide bonds.